The van der Waals surface area contributed by atoms with Crippen LogP contribution in [0.2, 0.25) is 5.02 Å². The van der Waals surface area contributed by atoms with Crippen LogP contribution >= 0.6 is 11.6 Å². The third-order valence-corrected chi connectivity index (χ3v) is 9.58. The van der Waals surface area contributed by atoms with Crippen LogP contribution in [0.5, 0.6) is 0 Å². The number of para-hydroxylation sites is 1. The number of amides is 3. The Morgan fingerprint density at radius 1 is 0.854 bits per heavy atom. The summed E-state index contributed by atoms with van der Waals surface area (Å²) in [5.41, 5.74) is 5.73. The molecule has 0 aromatic heterocycles. The van der Waals surface area contributed by atoms with Gasteiger partial charge < -0.3 is 25.3 Å². The summed E-state index contributed by atoms with van der Waals surface area (Å²) in [5.74, 6) is -0.354. The maximum absolute atomic E-state index is 14.1. The highest BCUT2D eigenvalue weighted by atomic mass is 35.5. The molecule has 2 heterocycles. The van der Waals surface area contributed by atoms with E-state index >= 15 is 0 Å². The summed E-state index contributed by atoms with van der Waals surface area (Å²) in [7, 11) is 1.84. The van der Waals surface area contributed by atoms with E-state index in [0.717, 1.165) is 35.2 Å². The van der Waals surface area contributed by atoms with Crippen LogP contribution in [-0.2, 0) is 28.9 Å². The number of nitrogens with zero attached hydrogens (tertiary/aromatic N) is 3. The molecule has 48 heavy (non-hydrogen) atoms. The molecule has 0 saturated carbocycles. The van der Waals surface area contributed by atoms with Crippen LogP contribution in [0.25, 0.3) is 0 Å². The van der Waals surface area contributed by atoms with E-state index in [1.165, 1.54) is 5.56 Å². The molecule has 2 aliphatic rings. The fourth-order valence-electron chi connectivity index (χ4n) is 6.62. The minimum atomic E-state index is -0.742. The molecule has 2 N–H and O–H groups in total. The van der Waals surface area contributed by atoms with Crippen molar-refractivity contribution in [3.05, 3.63) is 136 Å². The lowest BCUT2D eigenvalue weighted by Crippen LogP contribution is -2.57. The molecule has 9 heteroatoms. The molecule has 4 aromatic rings. The molecule has 2 atom stereocenters. The van der Waals surface area contributed by atoms with E-state index < -0.39 is 12.1 Å². The Balaban J connectivity index is 1.13. The quantitative estimate of drug-likeness (QED) is 0.252. The predicted octanol–water partition coefficient (Wildman–Crippen LogP) is 4.92. The molecule has 248 valence electrons. The molecule has 0 bridgehead atoms. The van der Waals surface area contributed by atoms with Gasteiger partial charge in [-0.2, -0.15) is 0 Å². The van der Waals surface area contributed by atoms with Crippen LogP contribution in [0.15, 0.2) is 103 Å². The molecule has 1 saturated heterocycles. The zero-order chi connectivity index (χ0) is 33.5. The molecule has 1 unspecified atom stereocenters. The lowest BCUT2D eigenvalue weighted by Gasteiger charge is -2.38. The summed E-state index contributed by atoms with van der Waals surface area (Å²) >= 11 is 6.14. The van der Waals surface area contributed by atoms with Gasteiger partial charge in [0.1, 0.15) is 12.1 Å². The van der Waals surface area contributed by atoms with Crippen molar-refractivity contribution in [3.8, 4) is 0 Å². The number of benzene rings is 4. The first-order valence-corrected chi connectivity index (χ1v) is 17.0. The van der Waals surface area contributed by atoms with Crippen LogP contribution in [0.4, 0.5) is 5.69 Å². The Hall–Kier alpha value is -4.66. The number of likely N-dealkylation sites (N-methyl/N-ethyl adjacent to an activating group) is 1. The van der Waals surface area contributed by atoms with Gasteiger partial charge in [-0.15, -0.1) is 0 Å². The van der Waals surface area contributed by atoms with Crippen molar-refractivity contribution in [1.29, 1.82) is 0 Å². The van der Waals surface area contributed by atoms with Gasteiger partial charge in [0.25, 0.3) is 5.91 Å². The van der Waals surface area contributed by atoms with Crippen molar-refractivity contribution in [2.75, 3.05) is 51.2 Å². The Morgan fingerprint density at radius 3 is 2.31 bits per heavy atom. The molecule has 0 spiro atoms. The monoisotopic (exact) mass is 663 g/mol. The summed E-state index contributed by atoms with van der Waals surface area (Å²) in [5, 5.41) is 7.06. The van der Waals surface area contributed by atoms with Gasteiger partial charge in [0.2, 0.25) is 11.8 Å². The molecule has 0 radical (unpaired) electrons. The number of hydrogen-bond donors (Lipinski definition) is 2. The molecule has 3 amide bonds. The van der Waals surface area contributed by atoms with Crippen molar-refractivity contribution in [2.45, 2.75) is 31.3 Å². The highest BCUT2D eigenvalue weighted by Crippen LogP contribution is 2.25. The fourth-order valence-corrected chi connectivity index (χ4v) is 6.74. The third-order valence-electron chi connectivity index (χ3n) is 9.33. The van der Waals surface area contributed by atoms with Crippen molar-refractivity contribution in [3.63, 3.8) is 0 Å². The van der Waals surface area contributed by atoms with Crippen LogP contribution in [0.3, 0.4) is 0 Å². The Bertz CT molecular complexity index is 1720. The topological polar surface area (TPSA) is 85.0 Å². The van der Waals surface area contributed by atoms with E-state index in [2.05, 4.69) is 33.7 Å². The highest BCUT2D eigenvalue weighted by Gasteiger charge is 2.33. The first kappa shape index (κ1) is 33.2. The molecular formula is C39H42ClN5O3. The smallest absolute Gasteiger partial charge is 0.255 e. The highest BCUT2D eigenvalue weighted by molar-refractivity contribution is 6.30. The van der Waals surface area contributed by atoms with Gasteiger partial charge in [-0.1, -0.05) is 90.5 Å². The predicted molar refractivity (Wildman–Crippen MR) is 190 cm³/mol. The maximum Gasteiger partial charge on any atom is 0.255 e. The third kappa shape index (κ3) is 7.89. The van der Waals surface area contributed by atoms with Crippen LogP contribution in [-0.4, -0.2) is 79.9 Å². The number of rotatable bonds is 10. The van der Waals surface area contributed by atoms with Gasteiger partial charge in [0.05, 0.1) is 5.56 Å². The largest absolute Gasteiger partial charge is 0.367 e. The number of nitrogens with one attached hydrogen (secondary N) is 2. The number of fused-ring (bicyclic) bond motifs is 1. The molecule has 2 aliphatic heterocycles. The molecular weight excluding hydrogens is 622 g/mol. The summed E-state index contributed by atoms with van der Waals surface area (Å²) in [4.78, 5) is 47.2. The lowest BCUT2D eigenvalue weighted by molar-refractivity contribution is -0.137. The summed E-state index contributed by atoms with van der Waals surface area (Å²) < 4.78 is 0. The van der Waals surface area contributed by atoms with Crippen molar-refractivity contribution < 1.29 is 14.4 Å². The SMILES string of the molecule is CN(CCc1ccccc1)C(=O)c1ccccc1N1CCN(C(=O)[C@@H](Cc2ccc(Cl)cc2)NC(=O)C2NCCc3ccccc32)CC1. The van der Waals surface area contributed by atoms with Crippen LogP contribution in [0.1, 0.15) is 38.7 Å². The van der Waals surface area contributed by atoms with Crippen molar-refractivity contribution in [2.24, 2.45) is 0 Å². The Morgan fingerprint density at radius 2 is 1.54 bits per heavy atom. The van der Waals surface area contributed by atoms with Crippen LogP contribution in [0, 0.1) is 0 Å². The zero-order valence-corrected chi connectivity index (χ0v) is 28.0. The summed E-state index contributed by atoms with van der Waals surface area (Å²) in [6.45, 7) is 3.40. The van der Waals surface area contributed by atoms with Gasteiger partial charge in [-0.25, -0.2) is 0 Å². The van der Waals surface area contributed by atoms with Crippen molar-refractivity contribution in [1.82, 2.24) is 20.4 Å². The van der Waals surface area contributed by atoms with Gasteiger partial charge in [0, 0.05) is 63.4 Å². The molecule has 0 aliphatic carbocycles. The Kier molecular flexibility index (Phi) is 10.7. The van der Waals surface area contributed by atoms with E-state index in [1.54, 1.807) is 17.0 Å². The van der Waals surface area contributed by atoms with Gasteiger partial charge in [-0.3, -0.25) is 14.4 Å². The minimum Gasteiger partial charge on any atom is -0.367 e. The van der Waals surface area contributed by atoms with Gasteiger partial charge in [0.15, 0.2) is 0 Å². The number of hydrogen-bond acceptors (Lipinski definition) is 5. The molecule has 6 rings (SSSR count). The van der Waals surface area contributed by atoms with E-state index in [9.17, 15) is 14.4 Å². The first-order valence-electron chi connectivity index (χ1n) is 16.7. The number of piperazine rings is 1. The van der Waals surface area contributed by atoms with E-state index in [0.29, 0.717) is 56.3 Å². The van der Waals surface area contributed by atoms with E-state index in [-0.39, 0.29) is 17.7 Å². The zero-order valence-electron chi connectivity index (χ0n) is 27.3. The van der Waals surface area contributed by atoms with Gasteiger partial charge in [-0.05, 0) is 59.4 Å². The normalized spacial score (nSPS) is 16.5. The number of carbonyl (C=O) groups excluding carboxylic acids is 3. The lowest BCUT2D eigenvalue weighted by atomic mass is 9.93. The van der Waals surface area contributed by atoms with Gasteiger partial charge >= 0.3 is 0 Å². The van der Waals surface area contributed by atoms with Crippen molar-refractivity contribution >= 4 is 35.0 Å². The second-order valence-electron chi connectivity index (χ2n) is 12.5. The fraction of sp³-hybridized carbons (Fsp3) is 0.308. The molecule has 8 nitrogen and oxygen atoms in total. The number of anilines is 1. The Labute approximate surface area is 287 Å². The first-order chi connectivity index (χ1) is 23.4. The summed E-state index contributed by atoms with van der Waals surface area (Å²) in [6, 6.07) is 32.0. The average molecular weight is 664 g/mol. The maximum atomic E-state index is 14.1. The van der Waals surface area contributed by atoms with E-state index in [4.69, 9.17) is 11.6 Å². The molecule has 1 fully saturated rings. The van der Waals surface area contributed by atoms with Crippen LogP contribution < -0.4 is 15.5 Å². The number of halogens is 1. The second kappa shape index (κ2) is 15.5. The second-order valence-corrected chi connectivity index (χ2v) is 13.0. The summed E-state index contributed by atoms with van der Waals surface area (Å²) in [6.07, 6.45) is 1.99. The standard InChI is InChI=1S/C39H42ClN5O3/c1-43(22-20-28-9-3-2-4-10-28)38(47)33-13-7-8-14-35(33)44-23-25-45(26-24-44)39(48)34(27-29-15-17-31(40)18-16-29)42-37(46)36-32-12-6-5-11-30(32)19-21-41-36/h2-18,34,36,41H,19-27H2,1H3,(H,42,46)/t34-,36?/m1/s1. The minimum absolute atomic E-state index is 0.0244. The molecule has 4 aromatic carbocycles. The van der Waals surface area contributed by atoms with E-state index in [1.807, 2.05) is 84.7 Å². The average Bonchev–Trinajstić information content (AvgIpc) is 3.14. The number of carbonyl (C=O) groups is 3.